The van der Waals surface area contributed by atoms with E-state index in [1.54, 1.807) is 18.2 Å². The molecule has 0 unspecified atom stereocenters. The van der Waals surface area contributed by atoms with Crippen LogP contribution in [0.25, 0.3) is 0 Å². The topological polar surface area (TPSA) is 84.9 Å². The van der Waals surface area contributed by atoms with Crippen molar-refractivity contribution in [3.63, 3.8) is 0 Å². The fourth-order valence-electron chi connectivity index (χ4n) is 2.20. The molecule has 1 saturated carbocycles. The average Bonchev–Trinajstić information content (AvgIpc) is 3.29. The summed E-state index contributed by atoms with van der Waals surface area (Å²) < 4.78 is 35.7. The number of carbonyl (C=O) groups excluding carboxylic acids is 1. The number of rotatable bonds is 8. The summed E-state index contributed by atoms with van der Waals surface area (Å²) in [7, 11) is -0.524. The van der Waals surface area contributed by atoms with Gasteiger partial charge in [0.25, 0.3) is 0 Å². The molecule has 0 radical (unpaired) electrons. The Kier molecular flexibility index (Phi) is 5.35. The van der Waals surface area contributed by atoms with E-state index in [0.29, 0.717) is 17.2 Å². The summed E-state index contributed by atoms with van der Waals surface area (Å²) >= 11 is 0. The molecule has 1 fully saturated rings. The average molecular weight is 342 g/mol. The highest BCUT2D eigenvalue weighted by Gasteiger charge is 2.25. The van der Waals surface area contributed by atoms with Gasteiger partial charge >= 0.3 is 0 Å². The van der Waals surface area contributed by atoms with Crippen LogP contribution < -0.4 is 19.1 Å². The lowest BCUT2D eigenvalue weighted by Crippen LogP contribution is -2.35. The Balaban J connectivity index is 2.16. The van der Waals surface area contributed by atoms with E-state index in [1.807, 2.05) is 0 Å². The van der Waals surface area contributed by atoms with Crippen LogP contribution in [-0.4, -0.2) is 47.4 Å². The predicted molar refractivity (Wildman–Crippen MR) is 87.5 cm³/mol. The minimum Gasteiger partial charge on any atom is -0.493 e. The molecule has 23 heavy (non-hydrogen) atoms. The third kappa shape index (κ3) is 4.75. The van der Waals surface area contributed by atoms with E-state index in [9.17, 15) is 13.2 Å². The maximum absolute atomic E-state index is 12.1. The molecule has 0 aromatic heterocycles. The number of amides is 1. The van der Waals surface area contributed by atoms with Crippen LogP contribution in [0, 0.1) is 0 Å². The van der Waals surface area contributed by atoms with Crippen molar-refractivity contribution in [1.29, 1.82) is 0 Å². The Morgan fingerprint density at radius 3 is 2.43 bits per heavy atom. The van der Waals surface area contributed by atoms with E-state index in [2.05, 4.69) is 5.32 Å². The summed E-state index contributed by atoms with van der Waals surface area (Å²) in [5.41, 5.74) is 0.435. The van der Waals surface area contributed by atoms with Crippen molar-refractivity contribution in [2.45, 2.75) is 25.3 Å². The van der Waals surface area contributed by atoms with Crippen molar-refractivity contribution in [1.82, 2.24) is 5.32 Å². The highest BCUT2D eigenvalue weighted by atomic mass is 32.2. The molecule has 0 aliphatic heterocycles. The number of nitrogens with zero attached hydrogens (tertiary/aromatic N) is 1. The zero-order valence-electron chi connectivity index (χ0n) is 13.5. The Labute approximate surface area is 136 Å². The molecule has 0 heterocycles. The van der Waals surface area contributed by atoms with Gasteiger partial charge in [-0.05, 0) is 25.0 Å². The third-order valence-corrected chi connectivity index (χ3v) is 4.73. The summed E-state index contributed by atoms with van der Waals surface area (Å²) in [5, 5.41) is 2.85. The molecule has 128 valence electrons. The fourth-order valence-corrected chi connectivity index (χ4v) is 3.12. The number of methoxy groups -OCH3 is 2. The van der Waals surface area contributed by atoms with Gasteiger partial charge in [0.15, 0.2) is 11.5 Å². The molecule has 1 N–H and O–H groups in total. The van der Waals surface area contributed by atoms with E-state index in [1.165, 1.54) is 18.5 Å². The van der Waals surface area contributed by atoms with Crippen molar-refractivity contribution in [3.05, 3.63) is 18.2 Å². The minimum absolute atomic E-state index is 0.0763. The predicted octanol–water partition coefficient (Wildman–Crippen LogP) is 1.14. The first-order valence-corrected chi connectivity index (χ1v) is 9.19. The first-order chi connectivity index (χ1) is 10.8. The van der Waals surface area contributed by atoms with Gasteiger partial charge in [0.2, 0.25) is 15.9 Å². The Bertz CT molecular complexity index is 670. The van der Waals surface area contributed by atoms with Crippen LogP contribution in [0.5, 0.6) is 11.5 Å². The Morgan fingerprint density at radius 1 is 1.26 bits per heavy atom. The molecule has 1 aromatic carbocycles. The van der Waals surface area contributed by atoms with Crippen LogP contribution in [0.15, 0.2) is 18.2 Å². The monoisotopic (exact) mass is 342 g/mol. The Hall–Kier alpha value is -1.96. The normalized spacial score (nSPS) is 14.2. The summed E-state index contributed by atoms with van der Waals surface area (Å²) in [6.45, 7) is 0.0763. The number of hydrogen-bond donors (Lipinski definition) is 1. The number of sulfonamides is 1. The van der Waals surface area contributed by atoms with Gasteiger partial charge in [0, 0.05) is 25.1 Å². The molecule has 1 amide bonds. The van der Waals surface area contributed by atoms with Crippen LogP contribution in [-0.2, 0) is 14.8 Å². The van der Waals surface area contributed by atoms with Crippen LogP contribution in [0.1, 0.15) is 19.3 Å². The quantitative estimate of drug-likeness (QED) is 0.766. The molecule has 1 aliphatic carbocycles. The van der Waals surface area contributed by atoms with Crippen molar-refractivity contribution in [3.8, 4) is 11.5 Å². The van der Waals surface area contributed by atoms with Gasteiger partial charge in [-0.15, -0.1) is 0 Å². The molecule has 7 nitrogen and oxygen atoms in total. The van der Waals surface area contributed by atoms with Gasteiger partial charge in [0.1, 0.15) is 0 Å². The molecule has 2 rings (SSSR count). The van der Waals surface area contributed by atoms with Gasteiger partial charge in [-0.1, -0.05) is 0 Å². The van der Waals surface area contributed by atoms with E-state index in [4.69, 9.17) is 9.47 Å². The van der Waals surface area contributed by atoms with E-state index in [-0.39, 0.29) is 24.9 Å². The van der Waals surface area contributed by atoms with Crippen LogP contribution in [0.4, 0.5) is 5.69 Å². The molecule has 0 saturated heterocycles. The zero-order valence-corrected chi connectivity index (χ0v) is 14.4. The second-order valence-corrected chi connectivity index (χ2v) is 7.37. The van der Waals surface area contributed by atoms with E-state index in [0.717, 1.165) is 19.1 Å². The zero-order chi connectivity index (χ0) is 17.0. The maximum Gasteiger partial charge on any atom is 0.232 e. The van der Waals surface area contributed by atoms with Gasteiger partial charge < -0.3 is 14.8 Å². The first kappa shape index (κ1) is 17.4. The smallest absolute Gasteiger partial charge is 0.232 e. The highest BCUT2D eigenvalue weighted by Crippen LogP contribution is 2.32. The molecular formula is C15H22N2O5S. The van der Waals surface area contributed by atoms with Gasteiger partial charge in [-0.25, -0.2) is 8.42 Å². The van der Waals surface area contributed by atoms with Gasteiger partial charge in [-0.2, -0.15) is 0 Å². The second kappa shape index (κ2) is 7.08. The van der Waals surface area contributed by atoms with Crippen molar-refractivity contribution in [2.75, 3.05) is 31.3 Å². The number of hydrogen-bond acceptors (Lipinski definition) is 5. The molecular weight excluding hydrogens is 320 g/mol. The SMILES string of the molecule is COc1ccc(N(CCC(=O)NC2CC2)S(C)(=O)=O)cc1OC. The number of benzene rings is 1. The van der Waals surface area contributed by atoms with Crippen molar-refractivity contribution in [2.24, 2.45) is 0 Å². The summed E-state index contributed by atoms with van der Waals surface area (Å²) in [6, 6.07) is 5.10. The maximum atomic E-state index is 12.1. The second-order valence-electron chi connectivity index (χ2n) is 5.47. The highest BCUT2D eigenvalue weighted by molar-refractivity contribution is 7.92. The van der Waals surface area contributed by atoms with Gasteiger partial charge in [0.05, 0.1) is 26.2 Å². The standard InChI is InChI=1S/C15H22N2O5S/c1-21-13-7-6-12(10-14(13)22-2)17(23(3,19)20)9-8-15(18)16-11-4-5-11/h6-7,10-11H,4-5,8-9H2,1-3H3,(H,16,18). The molecule has 8 heteroatoms. The first-order valence-electron chi connectivity index (χ1n) is 7.34. The molecule has 1 aliphatic rings. The van der Waals surface area contributed by atoms with Crippen molar-refractivity contribution < 1.29 is 22.7 Å². The molecule has 0 bridgehead atoms. The number of nitrogens with one attached hydrogen (secondary N) is 1. The molecule has 0 atom stereocenters. The number of ether oxygens (including phenoxy) is 2. The summed E-state index contributed by atoms with van der Waals surface area (Å²) in [6.07, 6.45) is 3.22. The summed E-state index contributed by atoms with van der Waals surface area (Å²) in [5.74, 6) is 0.805. The Morgan fingerprint density at radius 2 is 1.91 bits per heavy atom. The van der Waals surface area contributed by atoms with Crippen molar-refractivity contribution >= 4 is 21.6 Å². The molecule has 0 spiro atoms. The lowest BCUT2D eigenvalue weighted by atomic mass is 10.2. The number of carbonyl (C=O) groups is 1. The number of anilines is 1. The van der Waals surface area contributed by atoms with Gasteiger partial charge in [-0.3, -0.25) is 9.10 Å². The van der Waals surface area contributed by atoms with Crippen LogP contribution >= 0.6 is 0 Å². The van der Waals surface area contributed by atoms with E-state index < -0.39 is 10.0 Å². The summed E-state index contributed by atoms with van der Waals surface area (Å²) in [4.78, 5) is 11.8. The lowest BCUT2D eigenvalue weighted by molar-refractivity contribution is -0.121. The van der Waals surface area contributed by atoms with Crippen LogP contribution in [0.3, 0.4) is 0 Å². The largest absolute Gasteiger partial charge is 0.493 e. The third-order valence-electron chi connectivity index (χ3n) is 3.54. The lowest BCUT2D eigenvalue weighted by Gasteiger charge is -2.23. The molecule has 1 aromatic rings. The van der Waals surface area contributed by atoms with Crippen LogP contribution in [0.2, 0.25) is 0 Å². The van der Waals surface area contributed by atoms with E-state index >= 15 is 0 Å². The minimum atomic E-state index is -3.51. The fraction of sp³-hybridized carbons (Fsp3) is 0.533.